The van der Waals surface area contributed by atoms with Crippen LogP contribution in [0.15, 0.2) is 57.9 Å². The first-order valence-corrected chi connectivity index (χ1v) is 8.31. The number of alkyl halides is 2. The number of nitrogens with one attached hydrogen (secondary N) is 1. The number of hydrogen-bond donors (Lipinski definition) is 1. The highest BCUT2D eigenvalue weighted by atomic mass is 32.2. The highest BCUT2D eigenvalue weighted by Gasteiger charge is 2.14. The molecule has 26 heavy (non-hydrogen) atoms. The molecule has 3 aromatic rings. The maximum absolute atomic E-state index is 13.7. The summed E-state index contributed by atoms with van der Waals surface area (Å²) in [6, 6.07) is 11.7. The second kappa shape index (κ2) is 8.05. The number of thioether (sulfide) groups is 1. The first kappa shape index (κ1) is 18.0. The number of aromatic nitrogens is 2. The molecule has 0 fully saturated rings. The molecule has 0 atom stereocenters. The van der Waals surface area contributed by atoms with Crippen molar-refractivity contribution in [2.75, 3.05) is 0 Å². The molecule has 0 saturated heterocycles. The van der Waals surface area contributed by atoms with Crippen LogP contribution in [-0.2, 0) is 6.54 Å². The summed E-state index contributed by atoms with van der Waals surface area (Å²) in [4.78, 5) is 16.5. The summed E-state index contributed by atoms with van der Waals surface area (Å²) in [7, 11) is 0. The Morgan fingerprint density at radius 3 is 2.58 bits per heavy atom. The number of carbonyl (C=O) groups excluding carboxylic acids is 1. The molecule has 2 aromatic carbocycles. The van der Waals surface area contributed by atoms with Crippen LogP contribution in [0.1, 0.15) is 16.2 Å². The summed E-state index contributed by atoms with van der Waals surface area (Å²) in [6.45, 7) is -0.0235. The van der Waals surface area contributed by atoms with E-state index in [0.717, 1.165) is 0 Å². The smallest absolute Gasteiger partial charge is 0.288 e. The van der Waals surface area contributed by atoms with Crippen molar-refractivity contribution >= 4 is 17.7 Å². The Morgan fingerprint density at radius 1 is 1.15 bits per heavy atom. The second-order valence-corrected chi connectivity index (χ2v) is 6.14. The molecule has 9 heteroatoms. The van der Waals surface area contributed by atoms with E-state index in [2.05, 4.69) is 15.5 Å². The van der Waals surface area contributed by atoms with E-state index >= 15 is 0 Å². The summed E-state index contributed by atoms with van der Waals surface area (Å²) in [5.74, 6) is -3.23. The van der Waals surface area contributed by atoms with Gasteiger partial charge in [-0.05, 0) is 36.4 Å². The van der Waals surface area contributed by atoms with Crippen molar-refractivity contribution in [2.45, 2.75) is 17.2 Å². The van der Waals surface area contributed by atoms with E-state index in [9.17, 15) is 18.0 Å². The average Bonchev–Trinajstić information content (AvgIpc) is 3.09. The Bertz CT molecular complexity index is 900. The third-order valence-corrected chi connectivity index (χ3v) is 4.04. The number of benzene rings is 2. The van der Waals surface area contributed by atoms with Crippen LogP contribution in [0.25, 0.3) is 11.5 Å². The summed E-state index contributed by atoms with van der Waals surface area (Å²) >= 11 is 0.403. The van der Waals surface area contributed by atoms with E-state index in [0.29, 0.717) is 22.2 Å². The van der Waals surface area contributed by atoms with Gasteiger partial charge in [0.15, 0.2) is 5.82 Å². The van der Waals surface area contributed by atoms with Crippen LogP contribution in [0, 0.1) is 5.82 Å². The zero-order valence-corrected chi connectivity index (χ0v) is 14.0. The van der Waals surface area contributed by atoms with Gasteiger partial charge in [-0.15, -0.1) is 0 Å². The Morgan fingerprint density at radius 2 is 1.88 bits per heavy atom. The van der Waals surface area contributed by atoms with Gasteiger partial charge < -0.3 is 9.84 Å². The number of nitrogens with zero attached hydrogens (tertiary/aromatic N) is 2. The maximum atomic E-state index is 13.7. The summed E-state index contributed by atoms with van der Waals surface area (Å²) < 4.78 is 43.2. The minimum absolute atomic E-state index is 0.0146. The molecular weight excluding hydrogens is 367 g/mol. The number of hydrogen-bond acceptors (Lipinski definition) is 5. The standard InChI is InChI=1S/C17H12F3N3O2S/c18-13-4-2-1-3-12(13)16-22-14(23-25-16)9-21-15(24)10-5-7-11(8-6-10)26-17(19)20/h1-8,17H,9H2,(H,21,24). The molecule has 0 spiro atoms. The number of halogens is 3. The van der Waals surface area contributed by atoms with Crippen molar-refractivity contribution in [3.8, 4) is 11.5 Å². The molecule has 0 aliphatic heterocycles. The SMILES string of the molecule is O=C(NCc1noc(-c2ccccc2F)n1)c1ccc(SC(F)F)cc1. The van der Waals surface area contributed by atoms with Crippen molar-refractivity contribution in [1.29, 1.82) is 0 Å². The Balaban J connectivity index is 1.61. The lowest BCUT2D eigenvalue weighted by Gasteiger charge is -2.04. The van der Waals surface area contributed by atoms with Crippen LogP contribution < -0.4 is 5.32 Å². The predicted octanol–water partition coefficient (Wildman–Crippen LogP) is 4.12. The molecule has 1 aromatic heterocycles. The summed E-state index contributed by atoms with van der Waals surface area (Å²) in [5, 5.41) is 6.27. The molecule has 0 saturated carbocycles. The van der Waals surface area contributed by atoms with Crippen molar-refractivity contribution < 1.29 is 22.5 Å². The van der Waals surface area contributed by atoms with Gasteiger partial charge in [0.2, 0.25) is 0 Å². The Labute approximate surface area is 150 Å². The molecular formula is C17H12F3N3O2S. The van der Waals surface area contributed by atoms with Gasteiger partial charge in [0.1, 0.15) is 5.82 Å². The molecule has 0 radical (unpaired) electrons. The second-order valence-electron chi connectivity index (χ2n) is 5.08. The molecule has 0 aliphatic rings. The van der Waals surface area contributed by atoms with E-state index < -0.39 is 17.5 Å². The highest BCUT2D eigenvalue weighted by Crippen LogP contribution is 2.25. The molecule has 0 unspecified atom stereocenters. The fourth-order valence-corrected chi connectivity index (χ4v) is 2.62. The first-order valence-electron chi connectivity index (χ1n) is 7.43. The topological polar surface area (TPSA) is 68.0 Å². The highest BCUT2D eigenvalue weighted by molar-refractivity contribution is 7.99. The van der Waals surface area contributed by atoms with Crippen LogP contribution in [0.2, 0.25) is 0 Å². The zero-order chi connectivity index (χ0) is 18.5. The van der Waals surface area contributed by atoms with Gasteiger partial charge in [0, 0.05) is 10.5 Å². The van der Waals surface area contributed by atoms with E-state index in [1.807, 2.05) is 0 Å². The van der Waals surface area contributed by atoms with Gasteiger partial charge in [-0.2, -0.15) is 13.8 Å². The fourth-order valence-electron chi connectivity index (χ4n) is 2.12. The van der Waals surface area contributed by atoms with Gasteiger partial charge in [-0.3, -0.25) is 4.79 Å². The van der Waals surface area contributed by atoms with Gasteiger partial charge in [-0.1, -0.05) is 29.1 Å². The normalized spacial score (nSPS) is 10.9. The van der Waals surface area contributed by atoms with Gasteiger partial charge in [0.05, 0.1) is 12.1 Å². The molecule has 0 bridgehead atoms. The van der Waals surface area contributed by atoms with Crippen LogP contribution in [0.4, 0.5) is 13.2 Å². The van der Waals surface area contributed by atoms with E-state index in [1.54, 1.807) is 12.1 Å². The predicted molar refractivity (Wildman–Crippen MR) is 89.2 cm³/mol. The third kappa shape index (κ3) is 4.42. The zero-order valence-electron chi connectivity index (χ0n) is 13.2. The minimum Gasteiger partial charge on any atom is -0.345 e. The lowest BCUT2D eigenvalue weighted by molar-refractivity contribution is 0.0949. The van der Waals surface area contributed by atoms with Crippen molar-refractivity contribution in [1.82, 2.24) is 15.5 Å². The van der Waals surface area contributed by atoms with Crippen LogP contribution in [0.3, 0.4) is 0 Å². The molecule has 0 aliphatic carbocycles. The summed E-state index contributed by atoms with van der Waals surface area (Å²) in [5.41, 5.74) is 0.478. The quantitative estimate of drug-likeness (QED) is 0.653. The van der Waals surface area contributed by atoms with Crippen LogP contribution in [-0.4, -0.2) is 21.8 Å². The van der Waals surface area contributed by atoms with Crippen molar-refractivity contribution in [3.63, 3.8) is 0 Å². The molecule has 5 nitrogen and oxygen atoms in total. The van der Waals surface area contributed by atoms with Gasteiger partial charge in [-0.25, -0.2) is 4.39 Å². The number of rotatable bonds is 6. The van der Waals surface area contributed by atoms with Gasteiger partial charge >= 0.3 is 0 Å². The summed E-state index contributed by atoms with van der Waals surface area (Å²) in [6.07, 6.45) is 0. The third-order valence-electron chi connectivity index (χ3n) is 3.32. The molecule has 134 valence electrons. The minimum atomic E-state index is -2.52. The molecule has 1 heterocycles. The van der Waals surface area contributed by atoms with Crippen LogP contribution in [0.5, 0.6) is 0 Å². The molecule has 1 amide bonds. The van der Waals surface area contributed by atoms with Gasteiger partial charge in [0.25, 0.3) is 17.6 Å². The van der Waals surface area contributed by atoms with Crippen LogP contribution >= 0.6 is 11.8 Å². The first-order chi connectivity index (χ1) is 12.5. The Kier molecular flexibility index (Phi) is 5.57. The van der Waals surface area contributed by atoms with E-state index in [4.69, 9.17) is 4.52 Å². The lowest BCUT2D eigenvalue weighted by atomic mass is 10.2. The monoisotopic (exact) mass is 379 g/mol. The average molecular weight is 379 g/mol. The van der Waals surface area contributed by atoms with Crippen molar-refractivity contribution in [3.05, 3.63) is 65.7 Å². The molecule has 3 rings (SSSR count). The lowest BCUT2D eigenvalue weighted by Crippen LogP contribution is -2.23. The maximum Gasteiger partial charge on any atom is 0.288 e. The number of carbonyl (C=O) groups is 1. The van der Waals surface area contributed by atoms with Crippen molar-refractivity contribution in [2.24, 2.45) is 0 Å². The van der Waals surface area contributed by atoms with E-state index in [1.165, 1.54) is 36.4 Å². The fraction of sp³-hybridized carbons (Fsp3) is 0.118. The van der Waals surface area contributed by atoms with E-state index in [-0.39, 0.29) is 23.8 Å². The molecule has 1 N–H and O–H groups in total. The number of amides is 1. The Hall–Kier alpha value is -2.81. The largest absolute Gasteiger partial charge is 0.345 e.